The van der Waals surface area contributed by atoms with Crippen LogP contribution >= 0.6 is 0 Å². The first kappa shape index (κ1) is 17.5. The van der Waals surface area contributed by atoms with Gasteiger partial charge in [0.1, 0.15) is 0 Å². The Labute approximate surface area is 139 Å². The van der Waals surface area contributed by atoms with Gasteiger partial charge in [-0.3, -0.25) is 9.59 Å². The SMILES string of the molecule is CCCC(CCC)C(=O)N[C@H]1CC(=O)N(c2ccc(C)cc2)C1. The van der Waals surface area contributed by atoms with E-state index in [2.05, 4.69) is 19.2 Å². The summed E-state index contributed by atoms with van der Waals surface area (Å²) in [5.74, 6) is 0.271. The first-order valence-electron chi connectivity index (χ1n) is 8.72. The molecule has 1 saturated heterocycles. The number of rotatable bonds is 7. The molecule has 0 aromatic heterocycles. The van der Waals surface area contributed by atoms with Crippen LogP contribution in [0.1, 0.15) is 51.5 Å². The highest BCUT2D eigenvalue weighted by atomic mass is 16.2. The van der Waals surface area contributed by atoms with E-state index in [4.69, 9.17) is 0 Å². The quantitative estimate of drug-likeness (QED) is 0.838. The zero-order valence-electron chi connectivity index (χ0n) is 14.5. The number of carbonyl (C=O) groups excluding carboxylic acids is 2. The van der Waals surface area contributed by atoms with Gasteiger partial charge in [-0.25, -0.2) is 0 Å². The Morgan fingerprint density at radius 1 is 1.22 bits per heavy atom. The van der Waals surface area contributed by atoms with Gasteiger partial charge in [-0.05, 0) is 31.9 Å². The summed E-state index contributed by atoms with van der Waals surface area (Å²) in [4.78, 5) is 26.5. The minimum absolute atomic E-state index is 0.0764. The van der Waals surface area contributed by atoms with Gasteiger partial charge in [-0.2, -0.15) is 0 Å². The van der Waals surface area contributed by atoms with Gasteiger partial charge >= 0.3 is 0 Å². The van der Waals surface area contributed by atoms with Crippen molar-refractivity contribution in [2.45, 2.75) is 58.9 Å². The van der Waals surface area contributed by atoms with Crippen molar-refractivity contribution < 1.29 is 9.59 Å². The van der Waals surface area contributed by atoms with Crippen LogP contribution in [0.5, 0.6) is 0 Å². The van der Waals surface area contributed by atoms with Crippen LogP contribution in [0.25, 0.3) is 0 Å². The molecule has 0 radical (unpaired) electrons. The van der Waals surface area contributed by atoms with Crippen LogP contribution in [0.2, 0.25) is 0 Å². The Morgan fingerprint density at radius 3 is 2.39 bits per heavy atom. The Hall–Kier alpha value is -1.84. The van der Waals surface area contributed by atoms with Crippen molar-refractivity contribution in [3.8, 4) is 0 Å². The van der Waals surface area contributed by atoms with Crippen molar-refractivity contribution in [2.24, 2.45) is 5.92 Å². The number of nitrogens with zero attached hydrogens (tertiary/aromatic N) is 1. The summed E-state index contributed by atoms with van der Waals surface area (Å²) < 4.78 is 0. The second-order valence-electron chi connectivity index (χ2n) is 6.52. The highest BCUT2D eigenvalue weighted by molar-refractivity contribution is 5.96. The van der Waals surface area contributed by atoms with Crippen molar-refractivity contribution >= 4 is 17.5 Å². The lowest BCUT2D eigenvalue weighted by atomic mass is 9.97. The summed E-state index contributed by atoms with van der Waals surface area (Å²) in [5, 5.41) is 3.09. The molecule has 126 valence electrons. The van der Waals surface area contributed by atoms with Gasteiger partial charge in [0.2, 0.25) is 11.8 Å². The molecule has 1 fully saturated rings. The number of nitrogens with one attached hydrogen (secondary N) is 1. The predicted molar refractivity (Wildman–Crippen MR) is 93.4 cm³/mol. The second-order valence-corrected chi connectivity index (χ2v) is 6.52. The molecule has 0 spiro atoms. The first-order chi connectivity index (χ1) is 11.0. The molecular weight excluding hydrogens is 288 g/mol. The van der Waals surface area contributed by atoms with E-state index in [-0.39, 0.29) is 23.8 Å². The minimum Gasteiger partial charge on any atom is -0.351 e. The largest absolute Gasteiger partial charge is 0.351 e. The molecule has 4 heteroatoms. The smallest absolute Gasteiger partial charge is 0.229 e. The molecular formula is C19H28N2O2. The average Bonchev–Trinajstić information content (AvgIpc) is 2.88. The Bertz CT molecular complexity index is 533. The average molecular weight is 316 g/mol. The van der Waals surface area contributed by atoms with E-state index >= 15 is 0 Å². The summed E-state index contributed by atoms with van der Waals surface area (Å²) in [7, 11) is 0. The van der Waals surface area contributed by atoms with E-state index in [0.29, 0.717) is 13.0 Å². The highest BCUT2D eigenvalue weighted by Crippen LogP contribution is 2.23. The van der Waals surface area contributed by atoms with E-state index in [1.807, 2.05) is 31.2 Å². The van der Waals surface area contributed by atoms with Crippen LogP contribution in [0.4, 0.5) is 5.69 Å². The van der Waals surface area contributed by atoms with E-state index in [1.54, 1.807) is 4.90 Å². The van der Waals surface area contributed by atoms with Gasteiger partial charge in [0, 0.05) is 24.6 Å². The van der Waals surface area contributed by atoms with Gasteiger partial charge in [0.05, 0.1) is 6.04 Å². The molecule has 2 amide bonds. The molecule has 23 heavy (non-hydrogen) atoms. The van der Waals surface area contributed by atoms with Crippen molar-refractivity contribution in [1.82, 2.24) is 5.32 Å². The topological polar surface area (TPSA) is 49.4 Å². The molecule has 1 heterocycles. The maximum atomic E-state index is 12.4. The fourth-order valence-electron chi connectivity index (χ4n) is 3.20. The van der Waals surface area contributed by atoms with Crippen LogP contribution < -0.4 is 10.2 Å². The maximum Gasteiger partial charge on any atom is 0.229 e. The van der Waals surface area contributed by atoms with Crippen LogP contribution in [0.15, 0.2) is 24.3 Å². The van der Waals surface area contributed by atoms with Crippen molar-refractivity contribution in [3.05, 3.63) is 29.8 Å². The number of benzene rings is 1. The molecule has 1 atom stereocenters. The number of anilines is 1. The number of aryl methyl sites for hydroxylation is 1. The fourth-order valence-corrected chi connectivity index (χ4v) is 3.20. The number of amides is 2. The van der Waals surface area contributed by atoms with Gasteiger partial charge in [-0.1, -0.05) is 44.4 Å². The lowest BCUT2D eigenvalue weighted by molar-refractivity contribution is -0.126. The van der Waals surface area contributed by atoms with Crippen LogP contribution in [0, 0.1) is 12.8 Å². The first-order valence-corrected chi connectivity index (χ1v) is 8.72. The third-order valence-electron chi connectivity index (χ3n) is 4.46. The second kappa shape index (κ2) is 8.14. The van der Waals surface area contributed by atoms with Gasteiger partial charge < -0.3 is 10.2 Å². The molecule has 0 aliphatic carbocycles. The van der Waals surface area contributed by atoms with Crippen molar-refractivity contribution in [2.75, 3.05) is 11.4 Å². The molecule has 1 aromatic rings. The molecule has 1 aliphatic heterocycles. The van der Waals surface area contributed by atoms with Gasteiger partial charge in [0.25, 0.3) is 0 Å². The Balaban J connectivity index is 1.96. The van der Waals surface area contributed by atoms with Crippen molar-refractivity contribution in [3.63, 3.8) is 0 Å². The summed E-state index contributed by atoms with van der Waals surface area (Å²) in [6.45, 7) is 6.81. The maximum absolute atomic E-state index is 12.4. The van der Waals surface area contributed by atoms with E-state index in [0.717, 1.165) is 31.4 Å². The number of hydrogen-bond acceptors (Lipinski definition) is 2. The standard InChI is InChI=1S/C19H28N2O2/c1-4-6-15(7-5-2)19(23)20-16-12-18(22)21(13-16)17-10-8-14(3)9-11-17/h8-11,15-16H,4-7,12-13H2,1-3H3,(H,20,23)/t16-/m0/s1. The van der Waals surface area contributed by atoms with E-state index in [9.17, 15) is 9.59 Å². The molecule has 0 unspecified atom stereocenters. The Morgan fingerprint density at radius 2 is 1.83 bits per heavy atom. The molecule has 1 aliphatic rings. The summed E-state index contributed by atoms with van der Waals surface area (Å²) in [6.07, 6.45) is 4.25. The highest BCUT2D eigenvalue weighted by Gasteiger charge is 2.32. The molecule has 2 rings (SSSR count). The summed E-state index contributed by atoms with van der Waals surface area (Å²) in [5.41, 5.74) is 2.09. The zero-order valence-corrected chi connectivity index (χ0v) is 14.5. The van der Waals surface area contributed by atoms with E-state index < -0.39 is 0 Å². The van der Waals surface area contributed by atoms with Crippen LogP contribution in [0.3, 0.4) is 0 Å². The van der Waals surface area contributed by atoms with Crippen molar-refractivity contribution in [1.29, 1.82) is 0 Å². The third-order valence-corrected chi connectivity index (χ3v) is 4.46. The monoisotopic (exact) mass is 316 g/mol. The molecule has 0 bridgehead atoms. The van der Waals surface area contributed by atoms with Crippen LogP contribution in [-0.4, -0.2) is 24.4 Å². The van der Waals surface area contributed by atoms with Gasteiger partial charge in [-0.15, -0.1) is 0 Å². The molecule has 4 nitrogen and oxygen atoms in total. The van der Waals surface area contributed by atoms with E-state index in [1.165, 1.54) is 5.56 Å². The summed E-state index contributed by atoms with van der Waals surface area (Å²) >= 11 is 0. The minimum atomic E-state index is -0.0764. The number of hydrogen-bond donors (Lipinski definition) is 1. The third kappa shape index (κ3) is 4.57. The Kier molecular flexibility index (Phi) is 6.20. The predicted octanol–water partition coefficient (Wildman–Crippen LogP) is 3.43. The normalized spacial score (nSPS) is 17.8. The summed E-state index contributed by atoms with van der Waals surface area (Å²) in [6, 6.07) is 7.87. The van der Waals surface area contributed by atoms with Crippen LogP contribution in [-0.2, 0) is 9.59 Å². The molecule has 0 saturated carbocycles. The fraction of sp³-hybridized carbons (Fsp3) is 0.579. The number of carbonyl (C=O) groups is 2. The molecule has 1 aromatic carbocycles. The lowest BCUT2D eigenvalue weighted by Crippen LogP contribution is -2.40. The zero-order chi connectivity index (χ0) is 16.8. The van der Waals surface area contributed by atoms with Gasteiger partial charge in [0.15, 0.2) is 0 Å². The lowest BCUT2D eigenvalue weighted by Gasteiger charge is -2.20. The molecule has 1 N–H and O–H groups in total.